The van der Waals surface area contributed by atoms with E-state index < -0.39 is 17.9 Å². The Morgan fingerprint density at radius 3 is 1.97 bits per heavy atom. The molecule has 77 heavy (non-hydrogen) atoms. The molecule has 0 unspecified atom stereocenters. The van der Waals surface area contributed by atoms with Crippen LogP contribution in [-0.4, -0.2) is 232 Å². The van der Waals surface area contributed by atoms with Gasteiger partial charge in [-0.05, 0) is 96.5 Å². The number of aliphatic carboxylic acids is 3. The van der Waals surface area contributed by atoms with E-state index in [1.54, 1.807) is 19.6 Å². The summed E-state index contributed by atoms with van der Waals surface area (Å²) in [6.07, 6.45) is 5.50. The fraction of sp³-hybridized carbons (Fsp3) is 0.600. The van der Waals surface area contributed by atoms with Gasteiger partial charge >= 0.3 is 23.9 Å². The van der Waals surface area contributed by atoms with E-state index in [1.807, 2.05) is 50.8 Å². The van der Waals surface area contributed by atoms with Crippen molar-refractivity contribution in [3.05, 3.63) is 76.8 Å². The molecule has 5 heterocycles. The quantitative estimate of drug-likeness (QED) is 0.0719. The number of piperazine rings is 1. The molecule has 22 heteroatoms. The molecule has 3 fully saturated rings. The van der Waals surface area contributed by atoms with Crippen LogP contribution in [0.15, 0.2) is 49.1 Å². The summed E-state index contributed by atoms with van der Waals surface area (Å²) in [5.41, 5.74) is 2.92. The maximum absolute atomic E-state index is 13.7. The van der Waals surface area contributed by atoms with Gasteiger partial charge in [0.05, 0.1) is 43.4 Å². The SMILES string of the molecule is [C-]#[N+]C[C@H]1CN(c2nc(OC[C@@H]3CCCN3CCCCNC(=O)CN3C[C@@H](C)N(CC(=O)O)C[C@@H](C)N(CC(=O)O)C[C@@H](C)N(CC(=O)O)C[C@H]3C)nc3c2CCN(c2cccc4cccc(Cl)c24)C3)CCN1C(=O)C=C. The van der Waals surface area contributed by atoms with Crippen molar-refractivity contribution in [1.29, 1.82) is 0 Å². The molecule has 4 N–H and O–H groups in total. The molecule has 0 radical (unpaired) electrons. The third-order valence-electron chi connectivity index (χ3n) is 15.7. The number of nitrogens with one attached hydrogen (secondary N) is 1. The molecule has 21 nitrogen and oxygen atoms in total. The number of likely N-dealkylation sites (tertiary alicyclic amines) is 1. The Hall–Kier alpha value is -6.15. The Morgan fingerprint density at radius 2 is 1.38 bits per heavy atom. The first-order valence-electron chi connectivity index (χ1n) is 27.0. The Balaban J connectivity index is 0.982. The standard InChI is InChI=1S/C55H77ClN12O9/c1-7-49(70)68-24-23-63(30-43(68)25-57-6)54-44-18-22-62(47-17-11-14-41-13-10-16-45(56)53(41)47)31-46(44)59-55(60-54)77-36-42-15-12-21-61(42)20-9-8-19-58-48(69)32-64-26-38(3)66(34-51(73)74)28-40(5)67(35-52(75)76)29-39(4)65(27-37(64)2)33-50(71)72/h7,10-11,13-14,16-17,37-40,42-43H,1,8-9,12,15,18-36H2,2-5H3,(H,58,69)(H,71,72)(H,73,74)(H,75,76)/t37-,38-,39-,40-,42+,43+/m1/s1. The van der Waals surface area contributed by atoms with Crippen LogP contribution in [0.1, 0.15) is 64.6 Å². The molecule has 2 aromatic carbocycles. The third kappa shape index (κ3) is 15.5. The highest BCUT2D eigenvalue weighted by Gasteiger charge is 2.36. The number of anilines is 2. The molecule has 4 aliphatic rings. The number of carboxylic acid groups (broad SMARTS) is 3. The van der Waals surface area contributed by atoms with Gasteiger partial charge in [-0.25, -0.2) is 6.57 Å². The molecule has 1 aromatic heterocycles. The number of fused-ring (bicyclic) bond motifs is 2. The Labute approximate surface area is 457 Å². The normalized spacial score (nSPS) is 23.6. The second-order valence-corrected chi connectivity index (χ2v) is 21.6. The molecule has 0 saturated carbocycles. The Morgan fingerprint density at radius 1 is 0.766 bits per heavy atom. The van der Waals surface area contributed by atoms with E-state index in [0.717, 1.165) is 72.3 Å². The zero-order valence-electron chi connectivity index (χ0n) is 45.1. The van der Waals surface area contributed by atoms with Crippen LogP contribution < -0.4 is 19.9 Å². The summed E-state index contributed by atoms with van der Waals surface area (Å²) in [5, 5.41) is 35.3. The summed E-state index contributed by atoms with van der Waals surface area (Å²) >= 11 is 6.81. The van der Waals surface area contributed by atoms with Gasteiger partial charge in [-0.15, -0.1) is 0 Å². The number of hydrogen-bond acceptors (Lipinski definition) is 15. The maximum Gasteiger partial charge on any atom is 0.318 e. The number of aromatic nitrogens is 2. The fourth-order valence-corrected chi connectivity index (χ4v) is 11.9. The highest BCUT2D eigenvalue weighted by Crippen LogP contribution is 2.37. The maximum atomic E-state index is 13.7. The second kappa shape index (κ2) is 27.4. The number of carboxylic acids is 3. The molecule has 2 amide bonds. The summed E-state index contributed by atoms with van der Waals surface area (Å²) in [6.45, 7) is 24.6. The lowest BCUT2D eigenvalue weighted by atomic mass is 10.0. The lowest BCUT2D eigenvalue weighted by Gasteiger charge is -2.43. The number of amides is 2. The Bertz CT molecular complexity index is 2600. The summed E-state index contributed by atoms with van der Waals surface area (Å²) in [7, 11) is 0. The minimum absolute atomic E-state index is 0.0305. The largest absolute Gasteiger partial charge is 0.480 e. The first kappa shape index (κ1) is 58.5. The average Bonchev–Trinajstić information content (AvgIpc) is 3.88. The summed E-state index contributed by atoms with van der Waals surface area (Å²) in [5.74, 6) is -2.66. The average molecular weight is 1090 g/mol. The van der Waals surface area contributed by atoms with Crippen LogP contribution in [0.25, 0.3) is 15.6 Å². The van der Waals surface area contributed by atoms with Gasteiger partial charge in [0.15, 0.2) is 0 Å². The van der Waals surface area contributed by atoms with Crippen LogP contribution in [0.4, 0.5) is 11.5 Å². The van der Waals surface area contributed by atoms with Crippen LogP contribution in [0.5, 0.6) is 6.01 Å². The topological polar surface area (TPSA) is 223 Å². The van der Waals surface area contributed by atoms with Crippen molar-refractivity contribution in [1.82, 2.24) is 44.7 Å². The minimum Gasteiger partial charge on any atom is -0.480 e. The molecule has 418 valence electrons. The van der Waals surface area contributed by atoms with E-state index in [2.05, 4.69) is 49.6 Å². The fourth-order valence-electron chi connectivity index (χ4n) is 11.6. The number of carbonyl (C=O) groups is 5. The zero-order valence-corrected chi connectivity index (χ0v) is 45.8. The number of hydrogen-bond donors (Lipinski definition) is 4. The minimum atomic E-state index is -1.03. The van der Waals surface area contributed by atoms with Crippen LogP contribution in [0, 0.1) is 6.57 Å². The first-order valence-corrected chi connectivity index (χ1v) is 27.4. The first-order chi connectivity index (χ1) is 36.9. The van der Waals surface area contributed by atoms with Gasteiger partial charge < -0.3 is 44.9 Å². The van der Waals surface area contributed by atoms with Crippen molar-refractivity contribution in [3.8, 4) is 6.01 Å². The van der Waals surface area contributed by atoms with E-state index in [1.165, 1.54) is 6.08 Å². The van der Waals surface area contributed by atoms with E-state index in [0.29, 0.717) is 70.4 Å². The summed E-state index contributed by atoms with van der Waals surface area (Å²) < 4.78 is 6.57. The van der Waals surface area contributed by atoms with Gasteiger partial charge in [-0.1, -0.05) is 42.4 Å². The van der Waals surface area contributed by atoms with Crippen LogP contribution in [0.2, 0.25) is 5.02 Å². The van der Waals surface area contributed by atoms with Crippen LogP contribution in [0.3, 0.4) is 0 Å². The lowest BCUT2D eigenvalue weighted by molar-refractivity contribution is -0.142. The van der Waals surface area contributed by atoms with Crippen molar-refractivity contribution < 1.29 is 44.0 Å². The summed E-state index contributed by atoms with van der Waals surface area (Å²) in [6, 6.07) is 10.9. The zero-order chi connectivity index (χ0) is 55.3. The number of nitrogens with zero attached hydrogens (tertiary/aromatic N) is 11. The number of halogens is 1. The van der Waals surface area contributed by atoms with Gasteiger partial charge in [0, 0.05) is 106 Å². The molecule has 0 spiro atoms. The number of benzene rings is 2. The molecule has 0 bridgehead atoms. The molecular formula is C55H77ClN12O9. The monoisotopic (exact) mass is 1080 g/mol. The third-order valence-corrected chi connectivity index (χ3v) is 16.0. The van der Waals surface area contributed by atoms with E-state index in [4.69, 9.17) is 32.9 Å². The number of unbranched alkanes of at least 4 members (excludes halogenated alkanes) is 1. The van der Waals surface area contributed by atoms with Gasteiger partial charge in [-0.3, -0.25) is 48.5 Å². The highest BCUT2D eigenvalue weighted by molar-refractivity contribution is 6.36. The van der Waals surface area contributed by atoms with E-state index in [9.17, 15) is 39.3 Å². The van der Waals surface area contributed by atoms with Crippen LogP contribution in [-0.2, 0) is 36.9 Å². The van der Waals surface area contributed by atoms with Crippen molar-refractivity contribution in [2.24, 2.45) is 0 Å². The van der Waals surface area contributed by atoms with Gasteiger partial charge in [0.2, 0.25) is 18.4 Å². The smallest absolute Gasteiger partial charge is 0.318 e. The lowest BCUT2D eigenvalue weighted by Crippen LogP contribution is -2.58. The van der Waals surface area contributed by atoms with Crippen LogP contribution >= 0.6 is 11.6 Å². The van der Waals surface area contributed by atoms with Gasteiger partial charge in [0.1, 0.15) is 18.5 Å². The molecule has 4 aliphatic heterocycles. The Kier molecular flexibility index (Phi) is 20.9. The van der Waals surface area contributed by atoms with Crippen molar-refractivity contribution in [3.63, 3.8) is 0 Å². The van der Waals surface area contributed by atoms with Crippen molar-refractivity contribution in [2.45, 2.75) is 103 Å². The van der Waals surface area contributed by atoms with E-state index in [-0.39, 0.29) is 99.9 Å². The predicted octanol–water partition coefficient (Wildman–Crippen LogP) is 3.74. The highest BCUT2D eigenvalue weighted by atomic mass is 35.5. The number of carbonyl (C=O) groups excluding carboxylic acids is 2. The van der Waals surface area contributed by atoms with Crippen molar-refractivity contribution in [2.75, 3.05) is 121 Å². The van der Waals surface area contributed by atoms with Gasteiger partial charge in [-0.2, -0.15) is 9.97 Å². The number of rotatable bonds is 20. The predicted molar refractivity (Wildman–Crippen MR) is 295 cm³/mol. The second-order valence-electron chi connectivity index (χ2n) is 21.2. The molecule has 3 saturated heterocycles. The van der Waals surface area contributed by atoms with Gasteiger partial charge in [0.25, 0.3) is 0 Å². The molecule has 3 aromatic rings. The van der Waals surface area contributed by atoms with E-state index >= 15 is 0 Å². The molecule has 0 aliphatic carbocycles. The number of ether oxygens (including phenoxy) is 1. The molecular weight excluding hydrogens is 1010 g/mol. The van der Waals surface area contributed by atoms with Crippen molar-refractivity contribution >= 4 is 63.6 Å². The molecule has 6 atom stereocenters. The summed E-state index contributed by atoms with van der Waals surface area (Å²) in [4.78, 5) is 92.3. The molecule has 7 rings (SSSR count).